The second-order valence-corrected chi connectivity index (χ2v) is 10.4. The molecule has 5 aromatic carbocycles. The molecule has 0 N–H and O–H groups in total. The Morgan fingerprint density at radius 1 is 0.610 bits per heavy atom. The Balaban J connectivity index is 1.46. The fourth-order valence-corrected chi connectivity index (χ4v) is 5.05. The van der Waals surface area contributed by atoms with Crippen LogP contribution in [0.25, 0.3) is 0 Å². The van der Waals surface area contributed by atoms with Gasteiger partial charge in [-0.15, -0.1) is 0 Å². The van der Waals surface area contributed by atoms with E-state index in [4.69, 9.17) is 9.47 Å². The number of hydrogen-bond acceptors (Lipinski definition) is 4. The number of rotatable bonds is 9. The fraction of sp³-hybridized carbons (Fsp3) is 0.162. The van der Waals surface area contributed by atoms with Gasteiger partial charge in [-0.1, -0.05) is 71.8 Å². The summed E-state index contributed by atoms with van der Waals surface area (Å²) >= 11 is 0. The lowest BCUT2D eigenvalue weighted by molar-refractivity contribution is -0.131. The topological polar surface area (TPSA) is 38.8 Å². The summed E-state index contributed by atoms with van der Waals surface area (Å²) in [5, 5.41) is 0. The molecule has 0 saturated carbocycles. The van der Waals surface area contributed by atoms with E-state index in [1.165, 1.54) is 29.2 Å². The molecule has 1 atom stereocenters. The van der Waals surface area contributed by atoms with Gasteiger partial charge in [-0.3, -0.25) is 4.79 Å². The van der Waals surface area contributed by atoms with Crippen LogP contribution in [0.15, 0.2) is 121 Å². The molecule has 0 spiro atoms. The lowest BCUT2D eigenvalue weighted by Crippen LogP contribution is -2.10. The molecule has 0 radical (unpaired) electrons. The summed E-state index contributed by atoms with van der Waals surface area (Å²) in [6.45, 7) is 5.63. The van der Waals surface area contributed by atoms with Crippen molar-refractivity contribution in [2.75, 3.05) is 12.0 Å². The van der Waals surface area contributed by atoms with Crippen LogP contribution in [0.1, 0.15) is 40.7 Å². The van der Waals surface area contributed by atoms with Crippen molar-refractivity contribution in [1.82, 2.24) is 0 Å². The third-order valence-electron chi connectivity index (χ3n) is 7.28. The molecule has 5 aromatic rings. The third kappa shape index (κ3) is 6.85. The van der Waals surface area contributed by atoms with Gasteiger partial charge in [-0.25, -0.2) is 0 Å². The van der Waals surface area contributed by atoms with E-state index in [0.29, 0.717) is 5.75 Å². The smallest absolute Gasteiger partial charge is 0.308 e. The number of aryl methyl sites for hydroxylation is 2. The SMILES string of the molecule is COc1ccc(C(Cc2ccc(N(c3ccc(C)cc3)c3ccc(C)cc3)cc2)c2ccc(OC(C)=O)cc2)cc1. The molecule has 4 heteroatoms. The van der Waals surface area contributed by atoms with Crippen molar-refractivity contribution in [3.05, 3.63) is 149 Å². The molecule has 41 heavy (non-hydrogen) atoms. The largest absolute Gasteiger partial charge is 0.497 e. The molecule has 5 rings (SSSR count). The zero-order chi connectivity index (χ0) is 28.8. The summed E-state index contributed by atoms with van der Waals surface area (Å²) in [5.74, 6) is 1.17. The summed E-state index contributed by atoms with van der Waals surface area (Å²) in [7, 11) is 1.68. The molecule has 0 saturated heterocycles. The number of carbonyl (C=O) groups excluding carboxylic acids is 1. The fourth-order valence-electron chi connectivity index (χ4n) is 5.05. The van der Waals surface area contributed by atoms with Crippen molar-refractivity contribution in [3.8, 4) is 11.5 Å². The van der Waals surface area contributed by atoms with Gasteiger partial charge in [-0.05, 0) is 97.6 Å². The number of anilines is 3. The van der Waals surface area contributed by atoms with Crippen molar-refractivity contribution < 1.29 is 14.3 Å². The Morgan fingerprint density at radius 3 is 1.44 bits per heavy atom. The molecule has 0 fully saturated rings. The van der Waals surface area contributed by atoms with Crippen molar-refractivity contribution in [3.63, 3.8) is 0 Å². The Bertz CT molecular complexity index is 1530. The minimum Gasteiger partial charge on any atom is -0.497 e. The number of benzene rings is 5. The molecular formula is C37H35NO3. The second kappa shape index (κ2) is 12.6. The first-order valence-electron chi connectivity index (χ1n) is 13.8. The molecule has 0 aliphatic heterocycles. The van der Waals surface area contributed by atoms with Crippen LogP contribution < -0.4 is 14.4 Å². The summed E-state index contributed by atoms with van der Waals surface area (Å²) < 4.78 is 10.7. The molecule has 1 unspecified atom stereocenters. The van der Waals surface area contributed by atoms with Crippen molar-refractivity contribution in [2.45, 2.75) is 33.1 Å². The van der Waals surface area contributed by atoms with E-state index < -0.39 is 0 Å². The normalized spacial score (nSPS) is 11.5. The first-order valence-corrected chi connectivity index (χ1v) is 13.8. The second-order valence-electron chi connectivity index (χ2n) is 10.4. The van der Waals surface area contributed by atoms with E-state index in [-0.39, 0.29) is 11.9 Å². The molecular weight excluding hydrogens is 506 g/mol. The lowest BCUT2D eigenvalue weighted by Gasteiger charge is -2.26. The number of nitrogens with zero attached hydrogens (tertiary/aromatic N) is 1. The van der Waals surface area contributed by atoms with E-state index in [1.807, 2.05) is 36.4 Å². The van der Waals surface area contributed by atoms with Crippen LogP contribution >= 0.6 is 0 Å². The monoisotopic (exact) mass is 541 g/mol. The molecule has 0 aliphatic carbocycles. The zero-order valence-corrected chi connectivity index (χ0v) is 24.0. The molecule has 206 valence electrons. The van der Waals surface area contributed by atoms with Crippen LogP contribution in [0.5, 0.6) is 11.5 Å². The number of esters is 1. The average Bonchev–Trinajstić information content (AvgIpc) is 2.99. The van der Waals surface area contributed by atoms with Crippen LogP contribution in [0, 0.1) is 13.8 Å². The highest BCUT2D eigenvalue weighted by Crippen LogP contribution is 2.36. The Labute approximate surface area is 242 Å². The average molecular weight is 542 g/mol. The predicted octanol–water partition coefficient (Wildman–Crippen LogP) is 9.08. The Morgan fingerprint density at radius 2 is 1.02 bits per heavy atom. The molecule has 0 bridgehead atoms. The van der Waals surface area contributed by atoms with Crippen molar-refractivity contribution in [1.29, 1.82) is 0 Å². The quantitative estimate of drug-likeness (QED) is 0.138. The minimum atomic E-state index is -0.324. The highest BCUT2D eigenvalue weighted by Gasteiger charge is 2.17. The molecule has 4 nitrogen and oxygen atoms in total. The number of methoxy groups -OCH3 is 1. The van der Waals surface area contributed by atoms with E-state index >= 15 is 0 Å². The number of hydrogen-bond donors (Lipinski definition) is 0. The van der Waals surface area contributed by atoms with Gasteiger partial charge < -0.3 is 14.4 Å². The van der Waals surface area contributed by atoms with E-state index in [9.17, 15) is 4.79 Å². The summed E-state index contributed by atoms with van der Waals surface area (Å²) in [6.07, 6.45) is 0.814. The molecule has 0 aliphatic rings. The van der Waals surface area contributed by atoms with Crippen LogP contribution in [0.3, 0.4) is 0 Å². The van der Waals surface area contributed by atoms with Gasteiger partial charge in [-0.2, -0.15) is 0 Å². The summed E-state index contributed by atoms with van der Waals surface area (Å²) in [4.78, 5) is 13.7. The van der Waals surface area contributed by atoms with Gasteiger partial charge in [0.15, 0.2) is 0 Å². The van der Waals surface area contributed by atoms with Gasteiger partial charge in [0, 0.05) is 29.9 Å². The Kier molecular flexibility index (Phi) is 8.50. The van der Waals surface area contributed by atoms with Gasteiger partial charge in [0.1, 0.15) is 11.5 Å². The maximum absolute atomic E-state index is 11.4. The van der Waals surface area contributed by atoms with E-state index in [2.05, 4.69) is 104 Å². The standard InChI is InChI=1S/C37H35NO3/c1-26-5-15-32(16-6-26)38(33-17-7-27(2)8-18-33)34-19-9-29(10-20-34)25-37(30-11-21-35(40-4)22-12-30)31-13-23-36(24-14-31)41-28(3)39/h5-24,37H,25H2,1-4H3. The summed E-state index contributed by atoms with van der Waals surface area (Å²) in [5.41, 5.74) is 9.39. The van der Waals surface area contributed by atoms with E-state index in [0.717, 1.165) is 34.8 Å². The van der Waals surface area contributed by atoms with Crippen LogP contribution in [0.4, 0.5) is 17.1 Å². The summed E-state index contributed by atoms with van der Waals surface area (Å²) in [6, 6.07) is 42.1. The highest BCUT2D eigenvalue weighted by atomic mass is 16.5. The minimum absolute atomic E-state index is 0.114. The van der Waals surface area contributed by atoms with Gasteiger partial charge in [0.25, 0.3) is 0 Å². The van der Waals surface area contributed by atoms with Crippen LogP contribution in [-0.4, -0.2) is 13.1 Å². The maximum Gasteiger partial charge on any atom is 0.308 e. The van der Waals surface area contributed by atoms with Crippen molar-refractivity contribution >= 4 is 23.0 Å². The highest BCUT2D eigenvalue weighted by molar-refractivity contribution is 5.76. The molecule has 0 heterocycles. The van der Waals surface area contributed by atoms with Gasteiger partial charge in [0.05, 0.1) is 7.11 Å². The van der Waals surface area contributed by atoms with E-state index in [1.54, 1.807) is 7.11 Å². The first kappa shape index (κ1) is 27.7. The zero-order valence-electron chi connectivity index (χ0n) is 24.0. The van der Waals surface area contributed by atoms with Gasteiger partial charge in [0.2, 0.25) is 0 Å². The van der Waals surface area contributed by atoms with Crippen LogP contribution in [-0.2, 0) is 11.2 Å². The molecule has 0 aromatic heterocycles. The number of carbonyl (C=O) groups is 1. The Hall–Kier alpha value is -4.83. The predicted molar refractivity (Wildman–Crippen MR) is 167 cm³/mol. The van der Waals surface area contributed by atoms with Crippen LogP contribution in [0.2, 0.25) is 0 Å². The van der Waals surface area contributed by atoms with Crippen molar-refractivity contribution in [2.24, 2.45) is 0 Å². The first-order chi connectivity index (χ1) is 19.9. The maximum atomic E-state index is 11.4. The lowest BCUT2D eigenvalue weighted by atomic mass is 9.86. The number of ether oxygens (including phenoxy) is 2. The third-order valence-corrected chi connectivity index (χ3v) is 7.28. The molecule has 0 amide bonds. The van der Waals surface area contributed by atoms with Gasteiger partial charge >= 0.3 is 5.97 Å².